The lowest BCUT2D eigenvalue weighted by molar-refractivity contribution is 0.221. The summed E-state index contributed by atoms with van der Waals surface area (Å²) in [6.07, 6.45) is 9.87. The molecule has 0 bridgehead atoms. The quantitative estimate of drug-likeness (QED) is 0.549. The molecule has 0 amide bonds. The topological polar surface area (TPSA) is 27.7 Å². The molecule has 1 aliphatic heterocycles. The zero-order valence-electron chi connectivity index (χ0n) is 15.1. The Morgan fingerprint density at radius 2 is 1.10 bits per heavy atom. The molecular formula is C15H36O3Si3. The smallest absolute Gasteiger partial charge is 0.322 e. The second-order valence-corrected chi connectivity index (χ2v) is 19.4. The second-order valence-electron chi connectivity index (χ2n) is 7.84. The van der Waals surface area contributed by atoms with Crippen molar-refractivity contribution >= 4 is 25.4 Å². The van der Waals surface area contributed by atoms with Gasteiger partial charge in [-0.15, -0.1) is 0 Å². The SMILES string of the molecule is C1CCCC1.C[Si]1(C)CCCCO[Si](C)(C)O[Si](C)(C)O1. The molecule has 0 radical (unpaired) electrons. The Morgan fingerprint density at radius 3 is 1.62 bits per heavy atom. The molecule has 6 heteroatoms. The molecule has 126 valence electrons. The van der Waals surface area contributed by atoms with Crippen LogP contribution in [0.25, 0.3) is 0 Å². The first-order valence-electron chi connectivity index (χ1n) is 8.66. The Hall–Kier alpha value is 0.531. The number of rotatable bonds is 0. The van der Waals surface area contributed by atoms with Gasteiger partial charge in [0.05, 0.1) is 0 Å². The lowest BCUT2D eigenvalue weighted by Gasteiger charge is -2.39. The maximum absolute atomic E-state index is 6.35. The molecule has 2 rings (SSSR count). The predicted octanol–water partition coefficient (Wildman–Crippen LogP) is 5.39. The van der Waals surface area contributed by atoms with Crippen molar-refractivity contribution in [1.82, 2.24) is 0 Å². The Bertz CT molecular complexity index is 273. The Labute approximate surface area is 135 Å². The normalized spacial score (nSPS) is 28.3. The van der Waals surface area contributed by atoms with E-state index in [0.717, 1.165) is 13.0 Å². The van der Waals surface area contributed by atoms with Gasteiger partial charge >= 0.3 is 17.1 Å². The van der Waals surface area contributed by atoms with E-state index in [1.807, 2.05) is 0 Å². The molecule has 0 N–H and O–H groups in total. The van der Waals surface area contributed by atoms with Crippen molar-refractivity contribution in [2.24, 2.45) is 0 Å². The van der Waals surface area contributed by atoms with Crippen LogP contribution >= 0.6 is 0 Å². The highest BCUT2D eigenvalue weighted by atomic mass is 28.5. The maximum atomic E-state index is 6.35. The Kier molecular flexibility index (Phi) is 7.83. The van der Waals surface area contributed by atoms with Crippen LogP contribution in [0.3, 0.4) is 0 Å². The van der Waals surface area contributed by atoms with E-state index in [1.165, 1.54) is 44.6 Å². The summed E-state index contributed by atoms with van der Waals surface area (Å²) in [6, 6.07) is 1.22. The molecule has 21 heavy (non-hydrogen) atoms. The third kappa shape index (κ3) is 9.30. The van der Waals surface area contributed by atoms with Gasteiger partial charge in [-0.3, -0.25) is 0 Å². The summed E-state index contributed by atoms with van der Waals surface area (Å²) in [5.74, 6) is 0. The first kappa shape index (κ1) is 19.6. The molecule has 0 aromatic carbocycles. The van der Waals surface area contributed by atoms with Crippen LogP contribution in [-0.2, 0) is 12.7 Å². The van der Waals surface area contributed by atoms with Gasteiger partial charge in [0.25, 0.3) is 0 Å². The molecule has 0 spiro atoms. The van der Waals surface area contributed by atoms with Gasteiger partial charge in [-0.25, -0.2) is 0 Å². The third-order valence-corrected chi connectivity index (χ3v) is 14.5. The molecule has 2 aliphatic rings. The third-order valence-electron chi connectivity index (χ3n) is 3.89. The number of hydrogen-bond donors (Lipinski definition) is 0. The van der Waals surface area contributed by atoms with Gasteiger partial charge in [0.15, 0.2) is 8.32 Å². The summed E-state index contributed by atoms with van der Waals surface area (Å²) in [5.41, 5.74) is 0. The van der Waals surface area contributed by atoms with Crippen LogP contribution in [0.4, 0.5) is 0 Å². The molecule has 1 saturated heterocycles. The van der Waals surface area contributed by atoms with Gasteiger partial charge < -0.3 is 12.7 Å². The zero-order valence-corrected chi connectivity index (χ0v) is 18.1. The van der Waals surface area contributed by atoms with Crippen LogP contribution < -0.4 is 0 Å². The molecular weight excluding hydrogens is 312 g/mol. The Morgan fingerprint density at radius 1 is 0.571 bits per heavy atom. The largest absolute Gasteiger partial charge is 0.436 e. The van der Waals surface area contributed by atoms with Crippen molar-refractivity contribution < 1.29 is 12.7 Å². The van der Waals surface area contributed by atoms with E-state index in [2.05, 4.69) is 39.3 Å². The molecule has 1 aliphatic carbocycles. The molecule has 2 fully saturated rings. The second kappa shape index (κ2) is 8.40. The average Bonchev–Trinajstić information content (AvgIpc) is 2.81. The minimum Gasteiger partial charge on any atom is -0.436 e. The van der Waals surface area contributed by atoms with Crippen molar-refractivity contribution in [2.45, 2.75) is 90.3 Å². The Balaban J connectivity index is 0.000000369. The molecule has 1 saturated carbocycles. The van der Waals surface area contributed by atoms with Crippen LogP contribution in [0.5, 0.6) is 0 Å². The van der Waals surface area contributed by atoms with Crippen molar-refractivity contribution in [3.63, 3.8) is 0 Å². The molecule has 0 unspecified atom stereocenters. The summed E-state index contributed by atoms with van der Waals surface area (Å²) in [5, 5.41) is 0. The fraction of sp³-hybridized carbons (Fsp3) is 1.00. The van der Waals surface area contributed by atoms with Crippen molar-refractivity contribution in [3.8, 4) is 0 Å². The number of hydrogen-bond acceptors (Lipinski definition) is 3. The lowest BCUT2D eigenvalue weighted by atomic mass is 10.4. The summed E-state index contributed by atoms with van der Waals surface area (Å²) < 4.78 is 18.4. The minimum absolute atomic E-state index is 0.855. The van der Waals surface area contributed by atoms with Crippen LogP contribution in [0, 0.1) is 0 Å². The molecule has 1 heterocycles. The van der Waals surface area contributed by atoms with Gasteiger partial charge in [-0.05, 0) is 51.7 Å². The summed E-state index contributed by atoms with van der Waals surface area (Å²) in [7, 11) is -5.49. The standard InChI is InChI=1S/C10H26O3Si3.C5H10/c1-14(2)10-8-7-9-11-15(3,4)13-16(5,6)12-14;1-2-4-5-3-1/h7-10H2,1-6H3;1-5H2. The molecule has 0 aromatic heterocycles. The van der Waals surface area contributed by atoms with Gasteiger partial charge in [0.1, 0.15) is 0 Å². The lowest BCUT2D eigenvalue weighted by Crippen LogP contribution is -2.54. The van der Waals surface area contributed by atoms with Crippen LogP contribution in [0.2, 0.25) is 45.3 Å². The van der Waals surface area contributed by atoms with Gasteiger partial charge in [0, 0.05) is 6.61 Å². The van der Waals surface area contributed by atoms with Crippen molar-refractivity contribution in [1.29, 1.82) is 0 Å². The molecule has 0 atom stereocenters. The molecule has 3 nitrogen and oxygen atoms in total. The van der Waals surface area contributed by atoms with E-state index >= 15 is 0 Å². The van der Waals surface area contributed by atoms with Crippen LogP contribution in [0.1, 0.15) is 44.9 Å². The van der Waals surface area contributed by atoms with Crippen molar-refractivity contribution in [2.75, 3.05) is 6.61 Å². The highest BCUT2D eigenvalue weighted by Crippen LogP contribution is 2.26. The fourth-order valence-electron chi connectivity index (χ4n) is 3.21. The van der Waals surface area contributed by atoms with Crippen LogP contribution in [-0.4, -0.2) is 32.0 Å². The predicted molar refractivity (Wildman–Crippen MR) is 97.7 cm³/mol. The maximum Gasteiger partial charge on any atom is 0.322 e. The molecule has 0 aromatic rings. The first-order chi connectivity index (χ1) is 9.62. The zero-order chi connectivity index (χ0) is 16.0. The van der Waals surface area contributed by atoms with Crippen molar-refractivity contribution in [3.05, 3.63) is 0 Å². The van der Waals surface area contributed by atoms with Gasteiger partial charge in [-0.2, -0.15) is 0 Å². The first-order valence-corrected chi connectivity index (χ1v) is 17.4. The summed E-state index contributed by atoms with van der Waals surface area (Å²) >= 11 is 0. The van der Waals surface area contributed by atoms with E-state index in [9.17, 15) is 0 Å². The highest BCUT2D eigenvalue weighted by Gasteiger charge is 2.41. The van der Waals surface area contributed by atoms with E-state index in [0.29, 0.717) is 0 Å². The van der Waals surface area contributed by atoms with E-state index in [4.69, 9.17) is 12.7 Å². The van der Waals surface area contributed by atoms with Gasteiger partial charge in [-0.1, -0.05) is 38.5 Å². The summed E-state index contributed by atoms with van der Waals surface area (Å²) in [4.78, 5) is 0. The van der Waals surface area contributed by atoms with E-state index in [-0.39, 0.29) is 0 Å². The van der Waals surface area contributed by atoms with E-state index in [1.54, 1.807) is 0 Å². The van der Waals surface area contributed by atoms with E-state index < -0.39 is 25.4 Å². The fourth-order valence-corrected chi connectivity index (χ4v) is 16.2. The van der Waals surface area contributed by atoms with Crippen LogP contribution in [0.15, 0.2) is 0 Å². The minimum atomic E-state index is -2.00. The van der Waals surface area contributed by atoms with Gasteiger partial charge in [0.2, 0.25) is 0 Å². The summed E-state index contributed by atoms with van der Waals surface area (Å²) in [6.45, 7) is 14.0. The highest BCUT2D eigenvalue weighted by molar-refractivity contribution is 6.86. The monoisotopic (exact) mass is 348 g/mol. The average molecular weight is 349 g/mol.